The number of methoxy groups -OCH3 is 2. The molecule has 0 aliphatic carbocycles. The number of carboxylic acids is 1. The molecule has 1 aromatic carbocycles. The third-order valence-corrected chi connectivity index (χ3v) is 2.91. The molecule has 1 aromatic heterocycles. The minimum absolute atomic E-state index is 0.0482. The molecule has 0 saturated heterocycles. The van der Waals surface area contributed by atoms with Crippen LogP contribution in [0.25, 0.3) is 0 Å². The van der Waals surface area contributed by atoms with Crippen LogP contribution in [-0.4, -0.2) is 35.3 Å². The maximum absolute atomic E-state index is 10.9. The Morgan fingerprint density at radius 2 is 2.00 bits per heavy atom. The number of aromatic carboxylic acids is 1. The fourth-order valence-corrected chi connectivity index (χ4v) is 1.86. The van der Waals surface area contributed by atoms with Gasteiger partial charge in [0, 0.05) is 12.6 Å². The first kappa shape index (κ1) is 14.6. The summed E-state index contributed by atoms with van der Waals surface area (Å²) < 4.78 is 10.4. The van der Waals surface area contributed by atoms with Gasteiger partial charge in [0.1, 0.15) is 17.2 Å². The van der Waals surface area contributed by atoms with Crippen LogP contribution < -0.4 is 15.2 Å². The zero-order valence-electron chi connectivity index (χ0n) is 11.7. The normalized spacial score (nSPS) is 10.2. The average molecular weight is 289 g/mol. The molecule has 3 N–H and O–H groups in total. The van der Waals surface area contributed by atoms with E-state index in [4.69, 9.17) is 20.3 Å². The van der Waals surface area contributed by atoms with E-state index in [0.717, 1.165) is 5.56 Å². The van der Waals surface area contributed by atoms with Gasteiger partial charge in [-0.15, -0.1) is 0 Å². The zero-order chi connectivity index (χ0) is 15.4. The molecule has 2 aromatic rings. The average Bonchev–Trinajstić information content (AvgIpc) is 2.46. The van der Waals surface area contributed by atoms with E-state index in [2.05, 4.69) is 9.97 Å². The summed E-state index contributed by atoms with van der Waals surface area (Å²) in [7, 11) is 3.11. The third kappa shape index (κ3) is 3.19. The van der Waals surface area contributed by atoms with E-state index in [1.165, 1.54) is 6.20 Å². The van der Waals surface area contributed by atoms with Gasteiger partial charge in [-0.1, -0.05) is 6.07 Å². The molecule has 0 atom stereocenters. The molecule has 110 valence electrons. The molecule has 0 aliphatic heterocycles. The first-order valence-electron chi connectivity index (χ1n) is 6.10. The van der Waals surface area contributed by atoms with Gasteiger partial charge in [0.2, 0.25) is 0 Å². The van der Waals surface area contributed by atoms with Crippen molar-refractivity contribution in [2.75, 3.05) is 20.0 Å². The Kier molecular flexibility index (Phi) is 4.22. The fourth-order valence-electron chi connectivity index (χ4n) is 1.86. The maximum Gasteiger partial charge on any atom is 0.341 e. The van der Waals surface area contributed by atoms with E-state index in [1.54, 1.807) is 20.3 Å². The van der Waals surface area contributed by atoms with E-state index < -0.39 is 5.97 Å². The molecule has 0 aliphatic rings. The number of hydrogen-bond donors (Lipinski definition) is 2. The lowest BCUT2D eigenvalue weighted by Crippen LogP contribution is -2.08. The van der Waals surface area contributed by atoms with Crippen LogP contribution in [0.2, 0.25) is 0 Å². The fraction of sp³-hybridized carbons (Fsp3) is 0.214. The highest BCUT2D eigenvalue weighted by Crippen LogP contribution is 2.28. The quantitative estimate of drug-likeness (QED) is 0.855. The molecule has 0 amide bonds. The van der Waals surface area contributed by atoms with E-state index in [0.29, 0.717) is 23.7 Å². The minimum Gasteiger partial charge on any atom is -0.493 e. The van der Waals surface area contributed by atoms with Crippen LogP contribution >= 0.6 is 0 Å². The molecule has 1 heterocycles. The number of hydrogen-bond acceptors (Lipinski definition) is 6. The Labute approximate surface area is 121 Å². The number of ether oxygens (including phenoxy) is 2. The Morgan fingerprint density at radius 3 is 2.57 bits per heavy atom. The van der Waals surface area contributed by atoms with Crippen LogP contribution in [0.5, 0.6) is 11.5 Å². The van der Waals surface area contributed by atoms with E-state index in [1.807, 2.05) is 12.1 Å². The topological polar surface area (TPSA) is 108 Å². The summed E-state index contributed by atoms with van der Waals surface area (Å²) in [5.74, 6) is 0.468. The van der Waals surface area contributed by atoms with Crippen LogP contribution in [0, 0.1) is 0 Å². The summed E-state index contributed by atoms with van der Waals surface area (Å²) >= 11 is 0. The highest BCUT2D eigenvalue weighted by atomic mass is 16.5. The molecule has 0 radical (unpaired) electrons. The molecule has 7 nitrogen and oxygen atoms in total. The maximum atomic E-state index is 10.9. The molecule has 0 bridgehead atoms. The predicted octanol–water partition coefficient (Wildman–Crippen LogP) is 1.36. The Hall–Kier alpha value is -2.83. The molecule has 2 rings (SSSR count). The second-order valence-electron chi connectivity index (χ2n) is 4.26. The van der Waals surface area contributed by atoms with Gasteiger partial charge < -0.3 is 20.3 Å². The van der Waals surface area contributed by atoms with Crippen molar-refractivity contribution in [1.82, 2.24) is 9.97 Å². The predicted molar refractivity (Wildman–Crippen MR) is 75.8 cm³/mol. The molecule has 0 unspecified atom stereocenters. The van der Waals surface area contributed by atoms with Crippen molar-refractivity contribution in [3.05, 3.63) is 41.3 Å². The number of anilines is 1. The van der Waals surface area contributed by atoms with Crippen molar-refractivity contribution >= 4 is 11.8 Å². The summed E-state index contributed by atoms with van der Waals surface area (Å²) in [5, 5.41) is 8.88. The number of aromatic nitrogens is 2. The number of nitrogens with two attached hydrogens (primary N) is 1. The van der Waals surface area contributed by atoms with Crippen molar-refractivity contribution in [2.24, 2.45) is 0 Å². The molecule has 0 spiro atoms. The molecule has 0 saturated carbocycles. The highest BCUT2D eigenvalue weighted by molar-refractivity contribution is 5.92. The minimum atomic E-state index is -1.15. The van der Waals surface area contributed by atoms with Gasteiger partial charge in [-0.05, 0) is 17.7 Å². The molecule has 7 heteroatoms. The SMILES string of the molecule is COc1ccc(Cc2ncc(C(=O)O)c(N)n2)cc1OC. The van der Waals surface area contributed by atoms with Crippen molar-refractivity contribution in [3.8, 4) is 11.5 Å². The second-order valence-corrected chi connectivity index (χ2v) is 4.26. The Morgan fingerprint density at radius 1 is 1.29 bits per heavy atom. The first-order valence-corrected chi connectivity index (χ1v) is 6.10. The monoisotopic (exact) mass is 289 g/mol. The van der Waals surface area contributed by atoms with Crippen LogP contribution in [0.15, 0.2) is 24.4 Å². The van der Waals surface area contributed by atoms with Crippen LogP contribution in [0.3, 0.4) is 0 Å². The molecule has 0 fully saturated rings. The van der Waals surface area contributed by atoms with Crippen LogP contribution in [-0.2, 0) is 6.42 Å². The second kappa shape index (κ2) is 6.08. The molecular weight excluding hydrogens is 274 g/mol. The lowest BCUT2D eigenvalue weighted by Gasteiger charge is -2.09. The lowest BCUT2D eigenvalue weighted by atomic mass is 10.1. The molecule has 21 heavy (non-hydrogen) atoms. The number of nitrogens with zero attached hydrogens (tertiary/aromatic N) is 2. The van der Waals surface area contributed by atoms with Gasteiger partial charge in [0.05, 0.1) is 14.2 Å². The van der Waals surface area contributed by atoms with Gasteiger partial charge in [-0.25, -0.2) is 14.8 Å². The number of benzene rings is 1. The Balaban J connectivity index is 2.26. The van der Waals surface area contributed by atoms with Gasteiger partial charge in [-0.2, -0.15) is 0 Å². The van der Waals surface area contributed by atoms with E-state index >= 15 is 0 Å². The van der Waals surface area contributed by atoms with Crippen molar-refractivity contribution in [3.63, 3.8) is 0 Å². The summed E-state index contributed by atoms with van der Waals surface area (Å²) in [6.45, 7) is 0. The van der Waals surface area contributed by atoms with E-state index in [9.17, 15) is 4.79 Å². The van der Waals surface area contributed by atoms with Crippen molar-refractivity contribution < 1.29 is 19.4 Å². The van der Waals surface area contributed by atoms with Gasteiger partial charge in [-0.3, -0.25) is 0 Å². The van der Waals surface area contributed by atoms with Gasteiger partial charge in [0.25, 0.3) is 0 Å². The standard InChI is InChI=1S/C14H15N3O4/c1-20-10-4-3-8(5-11(10)21-2)6-12-16-7-9(14(18)19)13(15)17-12/h3-5,7H,6H2,1-2H3,(H,18,19)(H2,15,16,17). The van der Waals surface area contributed by atoms with E-state index in [-0.39, 0.29) is 11.4 Å². The summed E-state index contributed by atoms with van der Waals surface area (Å²) in [5.41, 5.74) is 6.39. The van der Waals surface area contributed by atoms with Crippen LogP contribution in [0.4, 0.5) is 5.82 Å². The number of rotatable bonds is 5. The van der Waals surface area contributed by atoms with Gasteiger partial charge >= 0.3 is 5.97 Å². The number of carbonyl (C=O) groups is 1. The largest absolute Gasteiger partial charge is 0.493 e. The third-order valence-electron chi connectivity index (χ3n) is 2.91. The van der Waals surface area contributed by atoms with Crippen molar-refractivity contribution in [1.29, 1.82) is 0 Å². The van der Waals surface area contributed by atoms with Crippen molar-refractivity contribution in [2.45, 2.75) is 6.42 Å². The van der Waals surface area contributed by atoms with Gasteiger partial charge in [0.15, 0.2) is 11.5 Å². The Bertz CT molecular complexity index is 673. The first-order chi connectivity index (χ1) is 10.0. The number of nitrogen functional groups attached to an aromatic ring is 1. The summed E-state index contributed by atoms with van der Waals surface area (Å²) in [4.78, 5) is 18.9. The summed E-state index contributed by atoms with van der Waals surface area (Å²) in [6.07, 6.45) is 1.62. The molecular formula is C14H15N3O4. The highest BCUT2D eigenvalue weighted by Gasteiger charge is 2.12. The smallest absolute Gasteiger partial charge is 0.341 e. The number of carboxylic acid groups (broad SMARTS) is 1. The van der Waals surface area contributed by atoms with Crippen LogP contribution in [0.1, 0.15) is 21.7 Å². The zero-order valence-corrected chi connectivity index (χ0v) is 11.7. The summed E-state index contributed by atoms with van der Waals surface area (Å²) in [6, 6.07) is 5.44. The lowest BCUT2D eigenvalue weighted by molar-refractivity contribution is 0.0697.